The Morgan fingerprint density at radius 3 is 2.85 bits per heavy atom. The molecular formula is C24H20N4O3S2. The minimum atomic E-state index is -0.00593. The summed E-state index contributed by atoms with van der Waals surface area (Å²) in [5.74, 6) is 2.31. The number of nitrogens with zero attached hydrogens (tertiary/aromatic N) is 4. The van der Waals surface area contributed by atoms with Crippen LogP contribution in [0, 0.1) is 0 Å². The summed E-state index contributed by atoms with van der Waals surface area (Å²) >= 11 is 3.08. The summed E-state index contributed by atoms with van der Waals surface area (Å²) in [6.07, 6.45) is 5.32. The minimum Gasteiger partial charge on any atom is -0.467 e. The van der Waals surface area contributed by atoms with E-state index in [1.165, 1.54) is 22.2 Å². The first kappa shape index (κ1) is 20.4. The van der Waals surface area contributed by atoms with Gasteiger partial charge in [0.2, 0.25) is 5.89 Å². The molecule has 1 aliphatic rings. The topological polar surface area (TPSA) is 87.0 Å². The van der Waals surface area contributed by atoms with Crippen LogP contribution in [0.3, 0.4) is 0 Å². The lowest BCUT2D eigenvalue weighted by Crippen LogP contribution is -2.24. The molecule has 0 fully saturated rings. The van der Waals surface area contributed by atoms with E-state index >= 15 is 0 Å². The van der Waals surface area contributed by atoms with Gasteiger partial charge in [0, 0.05) is 11.3 Å². The van der Waals surface area contributed by atoms with Gasteiger partial charge in [-0.05, 0) is 42.5 Å². The molecule has 4 aromatic heterocycles. The van der Waals surface area contributed by atoms with Crippen molar-refractivity contribution >= 4 is 33.3 Å². The van der Waals surface area contributed by atoms with E-state index in [2.05, 4.69) is 10.1 Å². The van der Waals surface area contributed by atoms with E-state index in [0.29, 0.717) is 35.6 Å². The van der Waals surface area contributed by atoms with Gasteiger partial charge in [0.1, 0.15) is 10.6 Å². The van der Waals surface area contributed by atoms with Crippen LogP contribution in [0.4, 0.5) is 0 Å². The maximum absolute atomic E-state index is 13.5. The van der Waals surface area contributed by atoms with Gasteiger partial charge >= 0.3 is 0 Å². The van der Waals surface area contributed by atoms with Crippen molar-refractivity contribution in [2.75, 3.05) is 0 Å². The van der Waals surface area contributed by atoms with Gasteiger partial charge in [-0.2, -0.15) is 4.98 Å². The minimum absolute atomic E-state index is 0.00593. The third-order valence-electron chi connectivity index (χ3n) is 5.72. The van der Waals surface area contributed by atoms with Crippen molar-refractivity contribution in [1.29, 1.82) is 0 Å². The number of benzene rings is 1. The first-order chi connectivity index (χ1) is 16.2. The molecule has 33 heavy (non-hydrogen) atoms. The largest absolute Gasteiger partial charge is 0.467 e. The van der Waals surface area contributed by atoms with E-state index in [4.69, 9.17) is 13.9 Å². The second kappa shape index (κ2) is 8.64. The molecule has 5 aromatic rings. The van der Waals surface area contributed by atoms with Crippen molar-refractivity contribution in [3.8, 4) is 0 Å². The Kier molecular flexibility index (Phi) is 5.35. The molecule has 0 unspecified atom stereocenters. The maximum atomic E-state index is 13.5. The summed E-state index contributed by atoms with van der Waals surface area (Å²) in [4.78, 5) is 25.1. The zero-order valence-electron chi connectivity index (χ0n) is 17.7. The number of aryl methyl sites for hydroxylation is 2. The third-order valence-corrected chi connectivity index (χ3v) is 7.87. The smallest absolute Gasteiger partial charge is 0.263 e. The fourth-order valence-electron chi connectivity index (χ4n) is 4.19. The van der Waals surface area contributed by atoms with Crippen molar-refractivity contribution in [2.45, 2.75) is 43.1 Å². The molecule has 9 heteroatoms. The van der Waals surface area contributed by atoms with Crippen LogP contribution in [0.25, 0.3) is 10.2 Å². The number of fused-ring (bicyclic) bond motifs is 3. The van der Waals surface area contributed by atoms with Crippen molar-refractivity contribution in [1.82, 2.24) is 19.7 Å². The van der Waals surface area contributed by atoms with Gasteiger partial charge in [-0.1, -0.05) is 47.3 Å². The number of furan rings is 1. The quantitative estimate of drug-likeness (QED) is 0.245. The van der Waals surface area contributed by atoms with Crippen LogP contribution >= 0.6 is 23.1 Å². The number of rotatable bonds is 7. The zero-order chi connectivity index (χ0) is 22.2. The highest BCUT2D eigenvalue weighted by Crippen LogP contribution is 2.36. The third kappa shape index (κ3) is 4.02. The zero-order valence-corrected chi connectivity index (χ0v) is 19.3. The molecule has 166 valence electrons. The molecule has 0 amide bonds. The fourth-order valence-corrected chi connectivity index (χ4v) is 6.33. The predicted octanol–water partition coefficient (Wildman–Crippen LogP) is 4.85. The Bertz CT molecular complexity index is 1470. The van der Waals surface area contributed by atoms with Crippen LogP contribution in [-0.4, -0.2) is 19.7 Å². The molecule has 0 saturated heterocycles. The van der Waals surface area contributed by atoms with E-state index < -0.39 is 0 Å². The van der Waals surface area contributed by atoms with Gasteiger partial charge in [0.25, 0.3) is 5.56 Å². The van der Waals surface area contributed by atoms with Crippen molar-refractivity contribution in [3.63, 3.8) is 0 Å². The lowest BCUT2D eigenvalue weighted by molar-refractivity contribution is 0.385. The van der Waals surface area contributed by atoms with Gasteiger partial charge in [0.15, 0.2) is 11.0 Å². The van der Waals surface area contributed by atoms with E-state index in [1.54, 1.807) is 22.2 Å². The Labute approximate surface area is 197 Å². The van der Waals surface area contributed by atoms with Crippen LogP contribution in [0.2, 0.25) is 0 Å². The van der Waals surface area contributed by atoms with Gasteiger partial charge in [-0.25, -0.2) is 4.98 Å². The van der Waals surface area contributed by atoms with Gasteiger partial charge in [-0.15, -0.1) is 11.3 Å². The Balaban J connectivity index is 1.30. The van der Waals surface area contributed by atoms with Crippen LogP contribution in [0.5, 0.6) is 0 Å². The molecule has 4 heterocycles. The molecule has 7 nitrogen and oxygen atoms in total. The number of thioether (sulfide) groups is 1. The molecule has 0 saturated carbocycles. The van der Waals surface area contributed by atoms with Gasteiger partial charge < -0.3 is 8.94 Å². The summed E-state index contributed by atoms with van der Waals surface area (Å²) in [5, 5.41) is 5.51. The van der Waals surface area contributed by atoms with E-state index in [-0.39, 0.29) is 5.56 Å². The fraction of sp³-hybridized carbons (Fsp3) is 0.250. The Morgan fingerprint density at radius 1 is 1.09 bits per heavy atom. The molecule has 1 aromatic carbocycles. The highest BCUT2D eigenvalue weighted by Gasteiger charge is 2.24. The van der Waals surface area contributed by atoms with Gasteiger partial charge in [-0.3, -0.25) is 9.36 Å². The Morgan fingerprint density at radius 2 is 2.00 bits per heavy atom. The average molecular weight is 477 g/mol. The molecular weight excluding hydrogens is 456 g/mol. The van der Waals surface area contributed by atoms with Crippen LogP contribution in [0.15, 0.2) is 67.6 Å². The van der Waals surface area contributed by atoms with Gasteiger partial charge in [0.05, 0.1) is 23.9 Å². The summed E-state index contributed by atoms with van der Waals surface area (Å²) in [5.41, 5.74) is 2.30. The first-order valence-corrected chi connectivity index (χ1v) is 12.6. The summed E-state index contributed by atoms with van der Waals surface area (Å²) < 4.78 is 12.7. The normalized spacial score (nSPS) is 13.1. The van der Waals surface area contributed by atoms with Crippen molar-refractivity contribution < 1.29 is 8.94 Å². The highest BCUT2D eigenvalue weighted by molar-refractivity contribution is 7.98. The second-order valence-corrected chi connectivity index (χ2v) is 9.98. The Hall–Kier alpha value is -3.17. The van der Waals surface area contributed by atoms with E-state index in [9.17, 15) is 4.79 Å². The van der Waals surface area contributed by atoms with E-state index in [0.717, 1.165) is 40.8 Å². The lowest BCUT2D eigenvalue weighted by Gasteiger charge is -2.10. The molecule has 0 bridgehead atoms. The number of thiophene rings is 1. The predicted molar refractivity (Wildman–Crippen MR) is 127 cm³/mol. The molecule has 0 atom stereocenters. The standard InChI is InChI=1S/C24H20N4O3S2/c29-23-21-17-9-4-10-18(17)33-22(21)26-24(28(23)13-16-8-5-11-30-16)32-14-20-25-19(27-31-20)12-15-6-2-1-3-7-15/h1-3,5-8,11H,4,9-10,12-14H2. The monoisotopic (exact) mass is 476 g/mol. The second-order valence-electron chi connectivity index (χ2n) is 7.96. The summed E-state index contributed by atoms with van der Waals surface area (Å²) in [7, 11) is 0. The molecule has 0 aliphatic heterocycles. The SMILES string of the molecule is O=c1c2c3c(sc2nc(SCc2nc(Cc4ccccc4)no2)n1Cc1ccco1)CCC3. The van der Waals surface area contributed by atoms with Crippen LogP contribution in [0.1, 0.15) is 39.9 Å². The molecule has 0 spiro atoms. The van der Waals surface area contributed by atoms with Crippen LogP contribution < -0.4 is 5.56 Å². The highest BCUT2D eigenvalue weighted by atomic mass is 32.2. The average Bonchev–Trinajstić information content (AvgIpc) is 3.60. The maximum Gasteiger partial charge on any atom is 0.263 e. The molecule has 6 rings (SSSR count). The number of hydrogen-bond donors (Lipinski definition) is 0. The first-order valence-electron chi connectivity index (χ1n) is 10.8. The van der Waals surface area contributed by atoms with E-state index in [1.807, 2.05) is 42.5 Å². The summed E-state index contributed by atoms with van der Waals surface area (Å²) in [6.45, 7) is 0.338. The van der Waals surface area contributed by atoms with Crippen molar-refractivity contribution in [2.24, 2.45) is 0 Å². The van der Waals surface area contributed by atoms with Crippen molar-refractivity contribution in [3.05, 3.63) is 92.6 Å². The molecule has 0 radical (unpaired) electrons. The molecule has 1 aliphatic carbocycles. The lowest BCUT2D eigenvalue weighted by atomic mass is 10.1. The molecule has 0 N–H and O–H groups in total. The number of hydrogen-bond acceptors (Lipinski definition) is 8. The number of aromatic nitrogens is 4. The summed E-state index contributed by atoms with van der Waals surface area (Å²) in [6, 6.07) is 13.7. The van der Waals surface area contributed by atoms with Crippen LogP contribution in [-0.2, 0) is 31.6 Å².